The van der Waals surface area contributed by atoms with Gasteiger partial charge in [0.25, 0.3) is 0 Å². The highest BCUT2D eigenvalue weighted by atomic mass is 79.9. The maximum atomic E-state index is 11.3. The first-order valence-corrected chi connectivity index (χ1v) is 7.79. The number of carbonyl (C=O) groups is 1. The molecule has 0 unspecified atom stereocenters. The Morgan fingerprint density at radius 3 is 2.83 bits per heavy atom. The summed E-state index contributed by atoms with van der Waals surface area (Å²) in [6.45, 7) is 3.60. The molecule has 0 aliphatic rings. The zero-order valence-corrected chi connectivity index (χ0v) is 13.2. The van der Waals surface area contributed by atoms with Gasteiger partial charge in [-0.2, -0.15) is 4.37 Å². The van der Waals surface area contributed by atoms with Crippen LogP contribution in [0.1, 0.15) is 30.0 Å². The Hall–Kier alpha value is -0.720. The van der Waals surface area contributed by atoms with Gasteiger partial charge in [0.05, 0.1) is 0 Å². The van der Waals surface area contributed by atoms with E-state index in [1.807, 2.05) is 25.1 Å². The number of nitrogens with zero attached hydrogens (tertiary/aromatic N) is 2. The molecule has 1 aromatic heterocycles. The molecule has 0 N–H and O–H groups in total. The summed E-state index contributed by atoms with van der Waals surface area (Å²) < 4.78 is 6.08. The van der Waals surface area contributed by atoms with E-state index in [-0.39, 0.29) is 5.78 Å². The number of Topliss-reactive ketones (excluding diaryl/α,β-unsaturated/α-hetero) is 1. The molecular weight excluding hydrogens is 332 g/mol. The smallest absolute Gasteiger partial charge is 0.174 e. The van der Waals surface area contributed by atoms with Crippen LogP contribution in [-0.2, 0) is 6.42 Å². The van der Waals surface area contributed by atoms with Gasteiger partial charge in [0.1, 0.15) is 5.82 Å². The van der Waals surface area contributed by atoms with Crippen molar-refractivity contribution < 1.29 is 4.79 Å². The Morgan fingerprint density at radius 1 is 1.50 bits per heavy atom. The second-order valence-corrected chi connectivity index (χ2v) is 6.53. The summed E-state index contributed by atoms with van der Waals surface area (Å²) in [5.74, 6) is 0.940. The maximum absolute atomic E-state index is 11.3. The van der Waals surface area contributed by atoms with Crippen molar-refractivity contribution >= 4 is 45.0 Å². The van der Waals surface area contributed by atoms with Crippen LogP contribution in [0.25, 0.3) is 0 Å². The quantitative estimate of drug-likeness (QED) is 0.780. The molecule has 0 saturated heterocycles. The Labute approximate surface area is 122 Å². The first-order valence-electron chi connectivity index (χ1n) is 5.41. The van der Waals surface area contributed by atoms with E-state index in [2.05, 4.69) is 25.3 Å². The number of hydrogen-bond donors (Lipinski definition) is 0. The van der Waals surface area contributed by atoms with Gasteiger partial charge in [-0.25, -0.2) is 4.98 Å². The molecule has 0 spiro atoms. The van der Waals surface area contributed by atoms with Crippen LogP contribution in [0.4, 0.5) is 0 Å². The number of rotatable bonds is 4. The standard InChI is InChI=1S/C12H11BrN2OS2/c1-3-11-14-12(18-15-11)17-10-5-4-8(7(2)16)6-9(10)13/h4-6H,3H2,1-2H3. The van der Waals surface area contributed by atoms with Gasteiger partial charge in [-0.3, -0.25) is 4.79 Å². The second kappa shape index (κ2) is 5.95. The molecule has 0 aliphatic heterocycles. The lowest BCUT2D eigenvalue weighted by Gasteiger charge is -2.03. The van der Waals surface area contributed by atoms with Crippen molar-refractivity contribution in [2.75, 3.05) is 0 Å². The minimum absolute atomic E-state index is 0.0661. The normalized spacial score (nSPS) is 10.6. The highest BCUT2D eigenvalue weighted by molar-refractivity contribution is 9.10. The van der Waals surface area contributed by atoms with Gasteiger partial charge < -0.3 is 0 Å². The van der Waals surface area contributed by atoms with Crippen molar-refractivity contribution in [3.63, 3.8) is 0 Å². The third kappa shape index (κ3) is 3.18. The predicted octanol–water partition coefficient (Wildman–Crippen LogP) is 4.22. The minimum Gasteiger partial charge on any atom is -0.295 e. The zero-order chi connectivity index (χ0) is 13.1. The molecule has 1 aromatic carbocycles. The molecular formula is C12H11BrN2OS2. The lowest BCUT2D eigenvalue weighted by Crippen LogP contribution is -1.91. The molecule has 3 nitrogen and oxygen atoms in total. The third-order valence-electron chi connectivity index (χ3n) is 2.30. The molecule has 2 aromatic rings. The number of aryl methyl sites for hydroxylation is 1. The lowest BCUT2D eigenvalue weighted by molar-refractivity contribution is 0.101. The van der Waals surface area contributed by atoms with Crippen LogP contribution >= 0.6 is 39.2 Å². The number of ketones is 1. The van der Waals surface area contributed by atoms with Crippen molar-refractivity contribution in [2.24, 2.45) is 0 Å². The number of halogens is 1. The average Bonchev–Trinajstić information content (AvgIpc) is 2.79. The molecule has 0 atom stereocenters. The van der Waals surface area contributed by atoms with Gasteiger partial charge >= 0.3 is 0 Å². The molecule has 0 saturated carbocycles. The topological polar surface area (TPSA) is 42.9 Å². The van der Waals surface area contributed by atoms with Crippen LogP contribution in [0.2, 0.25) is 0 Å². The van der Waals surface area contributed by atoms with Crippen molar-refractivity contribution in [3.8, 4) is 0 Å². The fourth-order valence-electron chi connectivity index (χ4n) is 1.32. The van der Waals surface area contributed by atoms with Gasteiger partial charge in [-0.1, -0.05) is 24.8 Å². The van der Waals surface area contributed by atoms with Crippen LogP contribution in [0.15, 0.2) is 31.9 Å². The molecule has 0 bridgehead atoms. The Morgan fingerprint density at radius 2 is 2.28 bits per heavy atom. The van der Waals surface area contributed by atoms with Gasteiger partial charge in [0, 0.05) is 21.4 Å². The average molecular weight is 343 g/mol. The van der Waals surface area contributed by atoms with E-state index in [4.69, 9.17) is 0 Å². The minimum atomic E-state index is 0.0661. The lowest BCUT2D eigenvalue weighted by atomic mass is 10.2. The van der Waals surface area contributed by atoms with Crippen LogP contribution in [0, 0.1) is 0 Å². The molecule has 0 radical (unpaired) electrons. The molecule has 1 heterocycles. The van der Waals surface area contributed by atoms with Gasteiger partial charge in [-0.05, 0) is 46.5 Å². The van der Waals surface area contributed by atoms with E-state index >= 15 is 0 Å². The van der Waals surface area contributed by atoms with Crippen molar-refractivity contribution in [3.05, 3.63) is 34.1 Å². The summed E-state index contributed by atoms with van der Waals surface area (Å²) in [5, 5.41) is 0. The van der Waals surface area contributed by atoms with Crippen molar-refractivity contribution in [1.29, 1.82) is 0 Å². The summed E-state index contributed by atoms with van der Waals surface area (Å²) in [6, 6.07) is 5.60. The van der Waals surface area contributed by atoms with E-state index in [1.54, 1.807) is 18.7 Å². The molecule has 18 heavy (non-hydrogen) atoms. The van der Waals surface area contributed by atoms with E-state index in [9.17, 15) is 4.79 Å². The summed E-state index contributed by atoms with van der Waals surface area (Å²) in [4.78, 5) is 16.7. The Balaban J connectivity index is 2.21. The highest BCUT2D eigenvalue weighted by Crippen LogP contribution is 2.34. The Bertz CT molecular complexity index is 583. The SMILES string of the molecule is CCc1nsc(Sc2ccc(C(C)=O)cc2Br)n1. The molecule has 6 heteroatoms. The van der Waals surface area contributed by atoms with Crippen LogP contribution in [0.3, 0.4) is 0 Å². The third-order valence-corrected chi connectivity index (χ3v) is 5.08. The monoisotopic (exact) mass is 342 g/mol. The van der Waals surface area contributed by atoms with Gasteiger partial charge in [-0.15, -0.1) is 0 Å². The fraction of sp³-hybridized carbons (Fsp3) is 0.250. The van der Waals surface area contributed by atoms with E-state index in [0.29, 0.717) is 5.56 Å². The summed E-state index contributed by atoms with van der Waals surface area (Å²) in [5.41, 5.74) is 0.706. The zero-order valence-electron chi connectivity index (χ0n) is 9.94. The number of hydrogen-bond acceptors (Lipinski definition) is 5. The van der Waals surface area contributed by atoms with Crippen LogP contribution < -0.4 is 0 Å². The summed E-state index contributed by atoms with van der Waals surface area (Å²) in [6.07, 6.45) is 0.849. The second-order valence-electron chi connectivity index (χ2n) is 3.63. The number of benzene rings is 1. The molecule has 94 valence electrons. The number of aromatic nitrogens is 2. The van der Waals surface area contributed by atoms with Crippen molar-refractivity contribution in [2.45, 2.75) is 29.5 Å². The van der Waals surface area contributed by atoms with Gasteiger partial charge in [0.15, 0.2) is 10.1 Å². The molecule has 0 aliphatic carbocycles. The largest absolute Gasteiger partial charge is 0.295 e. The molecule has 2 rings (SSSR count). The van der Waals surface area contributed by atoms with E-state index in [1.165, 1.54) is 11.5 Å². The first kappa shape index (κ1) is 13.7. The first-order chi connectivity index (χ1) is 8.60. The summed E-state index contributed by atoms with van der Waals surface area (Å²) in [7, 11) is 0. The van der Waals surface area contributed by atoms with Crippen molar-refractivity contribution in [1.82, 2.24) is 9.36 Å². The van der Waals surface area contributed by atoms with E-state index in [0.717, 1.165) is 26.0 Å². The highest BCUT2D eigenvalue weighted by Gasteiger charge is 2.09. The van der Waals surface area contributed by atoms with E-state index < -0.39 is 0 Å². The number of carbonyl (C=O) groups excluding carboxylic acids is 1. The van der Waals surface area contributed by atoms with Crippen LogP contribution in [-0.4, -0.2) is 15.1 Å². The van der Waals surface area contributed by atoms with Crippen LogP contribution in [0.5, 0.6) is 0 Å². The molecule has 0 fully saturated rings. The molecule has 0 amide bonds. The van der Waals surface area contributed by atoms with Gasteiger partial charge in [0.2, 0.25) is 0 Å². The maximum Gasteiger partial charge on any atom is 0.174 e. The fourth-order valence-corrected chi connectivity index (χ4v) is 3.60. The summed E-state index contributed by atoms with van der Waals surface area (Å²) >= 11 is 6.44. The Kier molecular flexibility index (Phi) is 4.53. The predicted molar refractivity (Wildman–Crippen MR) is 77.6 cm³/mol.